The maximum atomic E-state index is 10.9. The van der Waals surface area contributed by atoms with E-state index in [9.17, 15) is 4.79 Å². The third kappa shape index (κ3) is 2.18. The van der Waals surface area contributed by atoms with Crippen LogP contribution in [0.4, 0.5) is 0 Å². The van der Waals surface area contributed by atoms with Gasteiger partial charge in [-0.1, -0.05) is 6.07 Å². The van der Waals surface area contributed by atoms with Gasteiger partial charge in [0.1, 0.15) is 5.65 Å². The fourth-order valence-corrected chi connectivity index (χ4v) is 2.60. The smallest absolute Gasteiger partial charge is 0.338 e. The number of carboxylic acid groups (broad SMARTS) is 1. The molecule has 4 rings (SSSR count). The number of fused-ring (bicyclic) bond motifs is 1. The van der Waals surface area contributed by atoms with Crippen molar-refractivity contribution in [3.05, 3.63) is 53.7 Å². The quantitative estimate of drug-likeness (QED) is 0.796. The predicted octanol–water partition coefficient (Wildman–Crippen LogP) is 2.15. The summed E-state index contributed by atoms with van der Waals surface area (Å²) in [5.74, 6) is -0.314. The summed E-state index contributed by atoms with van der Waals surface area (Å²) in [6, 6.07) is 6.17. The molecule has 0 atom stereocenters. The number of aromatic carboxylic acids is 1. The lowest BCUT2D eigenvalue weighted by Crippen LogP contribution is -2.00. The number of carboxylic acids is 1. The summed E-state index contributed by atoms with van der Waals surface area (Å²) in [7, 11) is 0. The molecule has 0 radical (unpaired) electrons. The molecule has 106 valence electrons. The Balaban J connectivity index is 1.67. The maximum Gasteiger partial charge on any atom is 0.338 e. The lowest BCUT2D eigenvalue weighted by atomic mass is 10.2. The second kappa shape index (κ2) is 4.44. The molecule has 6 nitrogen and oxygen atoms in total. The molecular formula is C15H14N4O2. The molecule has 3 aromatic heterocycles. The highest BCUT2D eigenvalue weighted by atomic mass is 16.4. The maximum absolute atomic E-state index is 10.9. The first-order chi connectivity index (χ1) is 10.2. The zero-order chi connectivity index (χ0) is 14.4. The number of hydrogen-bond acceptors (Lipinski definition) is 3. The molecule has 0 saturated heterocycles. The first-order valence-corrected chi connectivity index (χ1v) is 6.93. The molecule has 1 saturated carbocycles. The van der Waals surface area contributed by atoms with Crippen molar-refractivity contribution in [1.82, 2.24) is 19.2 Å². The topological polar surface area (TPSA) is 72.4 Å². The molecule has 0 bridgehead atoms. The third-order valence-corrected chi connectivity index (χ3v) is 3.77. The highest BCUT2D eigenvalue weighted by Gasteiger charge is 2.25. The van der Waals surface area contributed by atoms with Crippen molar-refractivity contribution in [1.29, 1.82) is 0 Å². The molecule has 1 N–H and O–H groups in total. The van der Waals surface area contributed by atoms with Gasteiger partial charge < -0.3 is 9.51 Å². The summed E-state index contributed by atoms with van der Waals surface area (Å²) < 4.78 is 3.73. The molecule has 0 spiro atoms. The van der Waals surface area contributed by atoms with Gasteiger partial charge in [0.15, 0.2) is 0 Å². The Morgan fingerprint density at radius 2 is 2.19 bits per heavy atom. The fraction of sp³-hybridized carbons (Fsp3) is 0.267. The van der Waals surface area contributed by atoms with E-state index in [0.29, 0.717) is 12.5 Å². The van der Waals surface area contributed by atoms with Gasteiger partial charge in [0.25, 0.3) is 0 Å². The van der Waals surface area contributed by atoms with Gasteiger partial charge in [-0.15, -0.1) is 0 Å². The van der Waals surface area contributed by atoms with Crippen LogP contribution in [0.5, 0.6) is 0 Å². The Bertz CT molecular complexity index is 829. The average Bonchev–Trinajstić information content (AvgIpc) is 3.05. The van der Waals surface area contributed by atoms with Crippen LogP contribution in [0.15, 0.2) is 36.8 Å². The molecule has 3 aromatic rings. The number of rotatable bonds is 4. The van der Waals surface area contributed by atoms with Crippen LogP contribution in [-0.2, 0) is 6.54 Å². The molecule has 1 aliphatic rings. The Morgan fingerprint density at radius 3 is 2.90 bits per heavy atom. The van der Waals surface area contributed by atoms with E-state index < -0.39 is 5.97 Å². The van der Waals surface area contributed by atoms with Gasteiger partial charge in [0.05, 0.1) is 24.0 Å². The molecule has 0 amide bonds. The summed E-state index contributed by atoms with van der Waals surface area (Å²) in [5, 5.41) is 13.0. The standard InChI is InChI=1S/C15H14N4O2/c20-15(21)11-6-16-18(7-11)8-12-9-19-13(10-4-5-10)2-1-3-14(19)17-12/h1-3,6-7,9-10H,4-5,8H2,(H,20,21). The number of nitrogens with zero attached hydrogens (tertiary/aromatic N) is 4. The zero-order valence-electron chi connectivity index (χ0n) is 11.3. The molecule has 0 aromatic carbocycles. The van der Waals surface area contributed by atoms with Crippen molar-refractivity contribution >= 4 is 11.6 Å². The van der Waals surface area contributed by atoms with Crippen molar-refractivity contribution in [2.45, 2.75) is 25.3 Å². The van der Waals surface area contributed by atoms with Crippen LogP contribution in [-0.4, -0.2) is 30.2 Å². The Hall–Kier alpha value is -2.63. The van der Waals surface area contributed by atoms with Crippen molar-refractivity contribution < 1.29 is 9.90 Å². The Labute approximate surface area is 120 Å². The number of hydrogen-bond donors (Lipinski definition) is 1. The number of aromatic nitrogens is 4. The highest BCUT2D eigenvalue weighted by molar-refractivity contribution is 5.86. The average molecular weight is 282 g/mol. The lowest BCUT2D eigenvalue weighted by Gasteiger charge is -2.01. The minimum Gasteiger partial charge on any atom is -0.478 e. The first-order valence-electron chi connectivity index (χ1n) is 6.93. The van der Waals surface area contributed by atoms with Gasteiger partial charge in [-0.25, -0.2) is 9.78 Å². The molecule has 0 aliphatic heterocycles. The van der Waals surface area contributed by atoms with Crippen molar-refractivity contribution in [3.63, 3.8) is 0 Å². The largest absolute Gasteiger partial charge is 0.478 e. The van der Waals surface area contributed by atoms with Gasteiger partial charge in [-0.05, 0) is 30.9 Å². The van der Waals surface area contributed by atoms with E-state index in [1.165, 1.54) is 30.9 Å². The second-order valence-corrected chi connectivity index (χ2v) is 5.42. The molecule has 3 heterocycles. The van der Waals surface area contributed by atoms with Crippen LogP contribution < -0.4 is 0 Å². The van der Waals surface area contributed by atoms with Crippen LogP contribution in [0, 0.1) is 0 Å². The lowest BCUT2D eigenvalue weighted by molar-refractivity contribution is 0.0697. The highest BCUT2D eigenvalue weighted by Crippen LogP contribution is 2.40. The van der Waals surface area contributed by atoms with Crippen LogP contribution in [0.25, 0.3) is 5.65 Å². The van der Waals surface area contributed by atoms with Gasteiger partial charge in [-0.2, -0.15) is 5.10 Å². The minimum atomic E-state index is -0.965. The summed E-state index contributed by atoms with van der Waals surface area (Å²) in [5.41, 5.74) is 3.30. The van der Waals surface area contributed by atoms with Crippen LogP contribution in [0.2, 0.25) is 0 Å². The normalized spacial score (nSPS) is 14.7. The van der Waals surface area contributed by atoms with Gasteiger partial charge in [-0.3, -0.25) is 4.68 Å². The van der Waals surface area contributed by atoms with E-state index in [2.05, 4.69) is 20.5 Å². The summed E-state index contributed by atoms with van der Waals surface area (Å²) in [6.45, 7) is 0.471. The molecule has 6 heteroatoms. The number of pyridine rings is 1. The van der Waals surface area contributed by atoms with Crippen LogP contribution in [0.1, 0.15) is 40.5 Å². The molecule has 1 fully saturated rings. The summed E-state index contributed by atoms with van der Waals surface area (Å²) in [4.78, 5) is 15.4. The monoisotopic (exact) mass is 282 g/mol. The van der Waals surface area contributed by atoms with Gasteiger partial charge >= 0.3 is 5.97 Å². The van der Waals surface area contributed by atoms with E-state index in [1.807, 2.05) is 18.3 Å². The van der Waals surface area contributed by atoms with Crippen molar-refractivity contribution in [3.8, 4) is 0 Å². The zero-order valence-corrected chi connectivity index (χ0v) is 11.3. The number of imidazole rings is 1. The SMILES string of the molecule is O=C(O)c1cnn(Cc2cn3c(C4CC4)cccc3n2)c1. The first kappa shape index (κ1) is 12.1. The Kier molecular flexibility index (Phi) is 2.57. The predicted molar refractivity (Wildman–Crippen MR) is 75.5 cm³/mol. The molecule has 1 aliphatic carbocycles. The summed E-state index contributed by atoms with van der Waals surface area (Å²) >= 11 is 0. The Morgan fingerprint density at radius 1 is 1.33 bits per heavy atom. The van der Waals surface area contributed by atoms with Crippen molar-refractivity contribution in [2.24, 2.45) is 0 Å². The molecular weight excluding hydrogens is 268 g/mol. The second-order valence-electron chi connectivity index (χ2n) is 5.42. The summed E-state index contributed by atoms with van der Waals surface area (Å²) in [6.07, 6.45) is 7.38. The van der Waals surface area contributed by atoms with Crippen LogP contribution in [0.3, 0.4) is 0 Å². The molecule has 21 heavy (non-hydrogen) atoms. The van der Waals surface area contributed by atoms with E-state index >= 15 is 0 Å². The molecule has 0 unspecified atom stereocenters. The van der Waals surface area contributed by atoms with E-state index in [0.717, 1.165) is 11.3 Å². The van der Waals surface area contributed by atoms with Gasteiger partial charge in [0.2, 0.25) is 0 Å². The van der Waals surface area contributed by atoms with E-state index in [4.69, 9.17) is 5.11 Å². The van der Waals surface area contributed by atoms with Crippen molar-refractivity contribution in [2.75, 3.05) is 0 Å². The number of carbonyl (C=O) groups is 1. The third-order valence-electron chi connectivity index (χ3n) is 3.77. The van der Waals surface area contributed by atoms with E-state index in [1.54, 1.807) is 4.68 Å². The van der Waals surface area contributed by atoms with Gasteiger partial charge in [0, 0.05) is 18.1 Å². The van der Waals surface area contributed by atoms with E-state index in [-0.39, 0.29) is 5.56 Å². The fourth-order valence-electron chi connectivity index (χ4n) is 2.60. The minimum absolute atomic E-state index is 0.192. The van der Waals surface area contributed by atoms with Crippen LogP contribution >= 0.6 is 0 Å².